The molecule has 1 aliphatic heterocycles. The summed E-state index contributed by atoms with van der Waals surface area (Å²) >= 11 is 0. The summed E-state index contributed by atoms with van der Waals surface area (Å²) in [6, 6.07) is 5.65. The van der Waals surface area contributed by atoms with E-state index < -0.39 is 0 Å². The van der Waals surface area contributed by atoms with Crippen molar-refractivity contribution in [3.05, 3.63) is 29.6 Å². The summed E-state index contributed by atoms with van der Waals surface area (Å²) < 4.78 is 0. The molecule has 0 aliphatic carbocycles. The maximum Gasteiger partial charge on any atom is 0.253 e. The number of nitrogens with one attached hydrogen (secondary N) is 1. The van der Waals surface area contributed by atoms with Crippen molar-refractivity contribution in [1.29, 1.82) is 0 Å². The number of aromatic nitrogens is 2. The third kappa shape index (κ3) is 4.49. The molecule has 1 aromatic carbocycles. The number of fused-ring (bicyclic) bond motifs is 1. The van der Waals surface area contributed by atoms with Gasteiger partial charge in [-0.1, -0.05) is 27.2 Å². The zero-order valence-corrected chi connectivity index (χ0v) is 16.6. The first kappa shape index (κ1) is 19.4. The molecule has 0 atom stereocenters. The molecule has 0 radical (unpaired) electrons. The Morgan fingerprint density at radius 3 is 2.63 bits per heavy atom. The van der Waals surface area contributed by atoms with E-state index in [4.69, 9.17) is 0 Å². The summed E-state index contributed by atoms with van der Waals surface area (Å²) in [4.78, 5) is 36.9. The van der Waals surface area contributed by atoms with Crippen LogP contribution in [0.2, 0.25) is 0 Å². The molecule has 0 saturated carbocycles. The van der Waals surface area contributed by atoms with E-state index in [9.17, 15) is 9.59 Å². The van der Waals surface area contributed by atoms with Crippen molar-refractivity contribution in [3.63, 3.8) is 0 Å². The predicted molar refractivity (Wildman–Crippen MR) is 107 cm³/mol. The average Bonchev–Trinajstić information content (AvgIpc) is 2.94. The Kier molecular flexibility index (Phi) is 6.14. The van der Waals surface area contributed by atoms with Crippen LogP contribution < -0.4 is 0 Å². The molecule has 0 unspecified atom stereocenters. The minimum absolute atomic E-state index is 0.0282. The molecule has 146 valence electrons. The molecular formula is C21H30N4O2. The summed E-state index contributed by atoms with van der Waals surface area (Å²) in [7, 11) is 0. The van der Waals surface area contributed by atoms with Crippen molar-refractivity contribution in [2.45, 2.75) is 52.4 Å². The van der Waals surface area contributed by atoms with Gasteiger partial charge in [0.1, 0.15) is 5.82 Å². The second-order valence-corrected chi connectivity index (χ2v) is 7.64. The zero-order valence-electron chi connectivity index (χ0n) is 16.6. The van der Waals surface area contributed by atoms with Gasteiger partial charge >= 0.3 is 0 Å². The molecule has 2 amide bonds. The summed E-state index contributed by atoms with van der Waals surface area (Å²) in [6.07, 6.45) is 3.39. The van der Waals surface area contributed by atoms with Crippen LogP contribution in [0.4, 0.5) is 0 Å². The van der Waals surface area contributed by atoms with Crippen LogP contribution in [-0.4, -0.2) is 57.8 Å². The smallest absolute Gasteiger partial charge is 0.253 e. The average molecular weight is 370 g/mol. The molecule has 6 heteroatoms. The molecule has 1 fully saturated rings. The Balaban J connectivity index is 1.68. The summed E-state index contributed by atoms with van der Waals surface area (Å²) in [6.45, 7) is 8.92. The van der Waals surface area contributed by atoms with E-state index in [1.54, 1.807) is 0 Å². The van der Waals surface area contributed by atoms with Crippen LogP contribution in [0, 0.1) is 0 Å². The number of rotatable bonds is 5. The van der Waals surface area contributed by atoms with E-state index in [1.807, 2.05) is 28.0 Å². The van der Waals surface area contributed by atoms with Gasteiger partial charge < -0.3 is 14.8 Å². The predicted octanol–water partition coefficient (Wildman–Crippen LogP) is 3.55. The van der Waals surface area contributed by atoms with Gasteiger partial charge in [0.25, 0.3) is 5.91 Å². The van der Waals surface area contributed by atoms with Gasteiger partial charge in [0.2, 0.25) is 5.91 Å². The minimum atomic E-state index is 0.0282. The highest BCUT2D eigenvalue weighted by Crippen LogP contribution is 2.20. The number of carbonyl (C=O) groups is 2. The van der Waals surface area contributed by atoms with Gasteiger partial charge in [-0.25, -0.2) is 4.98 Å². The maximum absolute atomic E-state index is 13.0. The summed E-state index contributed by atoms with van der Waals surface area (Å²) in [5.74, 6) is 1.50. The standard InChI is InChI=1S/C21H30N4O2/c1-4-5-7-19(26)24-10-6-11-25(13-12-24)21(27)16-8-9-17-18(14-16)23-20(22-17)15(2)3/h8-9,14-15H,4-7,10-13H2,1-3H3,(H,22,23). The van der Waals surface area contributed by atoms with E-state index in [0.717, 1.165) is 42.7 Å². The highest BCUT2D eigenvalue weighted by Gasteiger charge is 2.23. The second kappa shape index (κ2) is 8.55. The Morgan fingerprint density at radius 1 is 1.15 bits per heavy atom. The van der Waals surface area contributed by atoms with Crippen LogP contribution in [0.3, 0.4) is 0 Å². The summed E-state index contributed by atoms with van der Waals surface area (Å²) in [5, 5.41) is 0. The fourth-order valence-corrected chi connectivity index (χ4v) is 3.47. The largest absolute Gasteiger partial charge is 0.342 e. The number of aromatic amines is 1. The number of nitrogens with zero attached hydrogens (tertiary/aromatic N) is 3. The number of amides is 2. The van der Waals surface area contributed by atoms with Gasteiger partial charge in [0.15, 0.2) is 0 Å². The Bertz CT molecular complexity index is 812. The Hall–Kier alpha value is -2.37. The number of unbranched alkanes of at least 4 members (excludes halogenated alkanes) is 1. The van der Waals surface area contributed by atoms with Gasteiger partial charge in [-0.15, -0.1) is 0 Å². The molecule has 1 N–H and O–H groups in total. The quantitative estimate of drug-likeness (QED) is 0.875. The molecular weight excluding hydrogens is 340 g/mol. The number of imidazole rings is 1. The van der Waals surface area contributed by atoms with Crippen LogP contribution in [0.15, 0.2) is 18.2 Å². The van der Waals surface area contributed by atoms with Crippen molar-refractivity contribution in [1.82, 2.24) is 19.8 Å². The molecule has 0 bridgehead atoms. The van der Waals surface area contributed by atoms with Crippen molar-refractivity contribution in [2.24, 2.45) is 0 Å². The van der Waals surface area contributed by atoms with Crippen molar-refractivity contribution < 1.29 is 9.59 Å². The van der Waals surface area contributed by atoms with Crippen LogP contribution in [0.1, 0.15) is 68.6 Å². The summed E-state index contributed by atoms with van der Waals surface area (Å²) in [5.41, 5.74) is 2.46. The Labute approximate surface area is 160 Å². The van der Waals surface area contributed by atoms with Gasteiger partial charge in [-0.3, -0.25) is 9.59 Å². The molecule has 2 aromatic rings. The second-order valence-electron chi connectivity index (χ2n) is 7.64. The number of carbonyl (C=O) groups excluding carboxylic acids is 2. The fraction of sp³-hybridized carbons (Fsp3) is 0.571. The highest BCUT2D eigenvalue weighted by atomic mass is 16.2. The first-order valence-electron chi connectivity index (χ1n) is 10.1. The lowest BCUT2D eigenvalue weighted by Gasteiger charge is -2.22. The van der Waals surface area contributed by atoms with Crippen LogP contribution in [-0.2, 0) is 4.79 Å². The van der Waals surface area contributed by atoms with E-state index in [0.29, 0.717) is 37.5 Å². The molecule has 0 spiro atoms. The van der Waals surface area contributed by atoms with Crippen LogP contribution in [0.25, 0.3) is 11.0 Å². The van der Waals surface area contributed by atoms with Crippen LogP contribution >= 0.6 is 0 Å². The van der Waals surface area contributed by atoms with E-state index >= 15 is 0 Å². The SMILES string of the molecule is CCCCC(=O)N1CCCN(C(=O)c2ccc3nc(C(C)C)[nH]c3c2)CC1. The lowest BCUT2D eigenvalue weighted by Crippen LogP contribution is -2.37. The monoisotopic (exact) mass is 370 g/mol. The van der Waals surface area contributed by atoms with Crippen molar-refractivity contribution in [3.8, 4) is 0 Å². The van der Waals surface area contributed by atoms with Crippen LogP contribution in [0.5, 0.6) is 0 Å². The molecule has 1 saturated heterocycles. The van der Waals surface area contributed by atoms with E-state index in [1.165, 1.54) is 0 Å². The third-order valence-corrected chi connectivity index (χ3v) is 5.17. The third-order valence-electron chi connectivity index (χ3n) is 5.17. The van der Waals surface area contributed by atoms with Gasteiger partial charge in [-0.05, 0) is 31.0 Å². The highest BCUT2D eigenvalue weighted by molar-refractivity contribution is 5.97. The lowest BCUT2D eigenvalue weighted by molar-refractivity contribution is -0.131. The lowest BCUT2D eigenvalue weighted by atomic mass is 10.1. The zero-order chi connectivity index (χ0) is 19.4. The fourth-order valence-electron chi connectivity index (χ4n) is 3.47. The topological polar surface area (TPSA) is 69.3 Å². The van der Waals surface area contributed by atoms with E-state index in [2.05, 4.69) is 30.7 Å². The van der Waals surface area contributed by atoms with Crippen molar-refractivity contribution in [2.75, 3.05) is 26.2 Å². The molecule has 1 aliphatic rings. The molecule has 27 heavy (non-hydrogen) atoms. The first-order chi connectivity index (χ1) is 13.0. The molecule has 6 nitrogen and oxygen atoms in total. The van der Waals surface area contributed by atoms with Gasteiger partial charge in [0, 0.05) is 44.1 Å². The molecule has 1 aromatic heterocycles. The number of hydrogen-bond acceptors (Lipinski definition) is 3. The van der Waals surface area contributed by atoms with Gasteiger partial charge in [0.05, 0.1) is 11.0 Å². The number of H-pyrrole nitrogens is 1. The van der Waals surface area contributed by atoms with Gasteiger partial charge in [-0.2, -0.15) is 0 Å². The Morgan fingerprint density at radius 2 is 1.89 bits per heavy atom. The normalized spacial score (nSPS) is 15.4. The molecule has 3 rings (SSSR count). The first-order valence-corrected chi connectivity index (χ1v) is 10.1. The molecule has 2 heterocycles. The minimum Gasteiger partial charge on any atom is -0.342 e. The number of hydrogen-bond donors (Lipinski definition) is 1. The van der Waals surface area contributed by atoms with Crippen molar-refractivity contribution >= 4 is 22.8 Å². The van der Waals surface area contributed by atoms with E-state index in [-0.39, 0.29) is 11.8 Å². The number of benzene rings is 1. The maximum atomic E-state index is 13.0.